The van der Waals surface area contributed by atoms with Crippen LogP contribution in [0.25, 0.3) is 5.52 Å². The van der Waals surface area contributed by atoms with E-state index in [9.17, 15) is 0 Å². The summed E-state index contributed by atoms with van der Waals surface area (Å²) < 4.78 is 2.36. The van der Waals surface area contributed by atoms with E-state index in [0.29, 0.717) is 5.41 Å². The van der Waals surface area contributed by atoms with Gasteiger partial charge in [-0.1, -0.05) is 6.07 Å². The number of aromatic nitrogens is 1. The number of likely N-dealkylation sites (N-methyl/N-ethyl adjacent to an activating group) is 1. The molecule has 2 aromatic heterocycles. The van der Waals surface area contributed by atoms with Crippen LogP contribution in [0.3, 0.4) is 0 Å². The van der Waals surface area contributed by atoms with Crippen LogP contribution in [0.1, 0.15) is 24.1 Å². The third kappa shape index (κ3) is 1.30. The summed E-state index contributed by atoms with van der Waals surface area (Å²) in [4.78, 5) is 0. The molecule has 0 aliphatic heterocycles. The van der Waals surface area contributed by atoms with Crippen molar-refractivity contribution in [3.8, 4) is 0 Å². The Hall–Kier alpha value is -1.28. The second-order valence-corrected chi connectivity index (χ2v) is 4.98. The monoisotopic (exact) mass is 214 g/mol. The van der Waals surface area contributed by atoms with E-state index in [0.717, 1.165) is 6.54 Å². The highest BCUT2D eigenvalue weighted by atomic mass is 15.0. The second-order valence-electron chi connectivity index (χ2n) is 4.98. The van der Waals surface area contributed by atoms with E-state index in [1.54, 1.807) is 0 Å². The highest BCUT2D eigenvalue weighted by molar-refractivity contribution is 5.55. The molecular formula is C14H18N2. The first-order valence-electron chi connectivity index (χ1n) is 5.99. The van der Waals surface area contributed by atoms with Crippen LogP contribution < -0.4 is 5.32 Å². The highest BCUT2D eigenvalue weighted by Gasteiger charge is 2.46. The van der Waals surface area contributed by atoms with E-state index >= 15 is 0 Å². The lowest BCUT2D eigenvalue weighted by Crippen LogP contribution is -2.25. The summed E-state index contributed by atoms with van der Waals surface area (Å²) in [7, 11) is 2.05. The zero-order chi connectivity index (χ0) is 11.2. The van der Waals surface area contributed by atoms with Gasteiger partial charge in [0.15, 0.2) is 0 Å². The molecule has 2 nitrogen and oxygen atoms in total. The molecule has 1 N–H and O–H groups in total. The summed E-state index contributed by atoms with van der Waals surface area (Å²) >= 11 is 0. The quantitative estimate of drug-likeness (QED) is 0.830. The summed E-state index contributed by atoms with van der Waals surface area (Å²) in [5, 5.41) is 3.34. The van der Waals surface area contributed by atoms with Gasteiger partial charge in [0.25, 0.3) is 0 Å². The van der Waals surface area contributed by atoms with Crippen LogP contribution in [0.5, 0.6) is 0 Å². The van der Waals surface area contributed by atoms with E-state index < -0.39 is 0 Å². The van der Waals surface area contributed by atoms with Gasteiger partial charge in [-0.15, -0.1) is 0 Å². The van der Waals surface area contributed by atoms with Crippen LogP contribution in [-0.4, -0.2) is 18.0 Å². The first-order valence-corrected chi connectivity index (χ1v) is 5.99. The number of hydrogen-bond acceptors (Lipinski definition) is 1. The van der Waals surface area contributed by atoms with Crippen molar-refractivity contribution in [3.63, 3.8) is 0 Å². The molecule has 1 aliphatic carbocycles. The Kier molecular flexibility index (Phi) is 2.08. The molecule has 0 saturated heterocycles. The molecule has 2 heteroatoms. The Balaban J connectivity index is 2.19. The minimum atomic E-state index is 0.395. The number of nitrogens with one attached hydrogen (secondary N) is 1. The third-order valence-electron chi connectivity index (χ3n) is 3.74. The van der Waals surface area contributed by atoms with Crippen LogP contribution in [0.15, 0.2) is 30.5 Å². The Labute approximate surface area is 96.3 Å². The molecule has 0 aromatic carbocycles. The lowest BCUT2D eigenvalue weighted by Gasteiger charge is -2.16. The minimum Gasteiger partial charge on any atom is -0.320 e. The second kappa shape index (κ2) is 3.36. The number of fused-ring (bicyclic) bond motifs is 1. The fourth-order valence-electron chi connectivity index (χ4n) is 2.92. The average molecular weight is 214 g/mol. The largest absolute Gasteiger partial charge is 0.320 e. The zero-order valence-corrected chi connectivity index (χ0v) is 9.96. The van der Waals surface area contributed by atoms with Crippen molar-refractivity contribution < 1.29 is 0 Å². The molecule has 0 amide bonds. The lowest BCUT2D eigenvalue weighted by molar-refractivity contribution is 0.600. The van der Waals surface area contributed by atoms with E-state index in [4.69, 9.17) is 0 Å². The maximum Gasteiger partial charge on any atom is 0.0455 e. The summed E-state index contributed by atoms with van der Waals surface area (Å²) in [5.74, 6) is 0. The molecule has 3 rings (SSSR count). The maximum atomic E-state index is 3.34. The van der Waals surface area contributed by atoms with Gasteiger partial charge in [-0.2, -0.15) is 0 Å². The van der Waals surface area contributed by atoms with Crippen LogP contribution in [-0.2, 0) is 5.41 Å². The van der Waals surface area contributed by atoms with Gasteiger partial charge in [0.1, 0.15) is 0 Å². The number of pyridine rings is 1. The Bertz CT molecular complexity index is 521. The Morgan fingerprint density at radius 1 is 1.38 bits per heavy atom. The highest BCUT2D eigenvalue weighted by Crippen LogP contribution is 2.49. The van der Waals surface area contributed by atoms with Gasteiger partial charge in [-0.25, -0.2) is 0 Å². The topological polar surface area (TPSA) is 16.4 Å². The van der Waals surface area contributed by atoms with Crippen molar-refractivity contribution in [1.29, 1.82) is 0 Å². The van der Waals surface area contributed by atoms with Gasteiger partial charge < -0.3 is 9.72 Å². The predicted octanol–water partition coefficient (Wildman–Crippen LogP) is 2.50. The molecule has 0 radical (unpaired) electrons. The SMILES string of the molecule is CNCC1(c2c(C)cc3ccccn23)CC1. The predicted molar refractivity (Wildman–Crippen MR) is 67.0 cm³/mol. The van der Waals surface area contributed by atoms with Gasteiger partial charge in [0.2, 0.25) is 0 Å². The Morgan fingerprint density at radius 2 is 2.19 bits per heavy atom. The molecule has 84 valence electrons. The van der Waals surface area contributed by atoms with Crippen LogP contribution in [0.2, 0.25) is 0 Å². The summed E-state index contributed by atoms with van der Waals surface area (Å²) in [5.41, 5.74) is 4.65. The molecular weight excluding hydrogens is 196 g/mol. The first-order chi connectivity index (χ1) is 7.77. The van der Waals surface area contributed by atoms with Gasteiger partial charge in [0, 0.05) is 29.4 Å². The van der Waals surface area contributed by atoms with Crippen molar-refractivity contribution in [3.05, 3.63) is 41.7 Å². The minimum absolute atomic E-state index is 0.395. The first kappa shape index (κ1) is 9.91. The van der Waals surface area contributed by atoms with Crippen molar-refractivity contribution >= 4 is 5.52 Å². The molecule has 2 heterocycles. The fraction of sp³-hybridized carbons (Fsp3) is 0.429. The fourth-order valence-corrected chi connectivity index (χ4v) is 2.92. The van der Waals surface area contributed by atoms with Gasteiger partial charge >= 0.3 is 0 Å². The zero-order valence-electron chi connectivity index (χ0n) is 9.96. The molecule has 1 aliphatic rings. The third-order valence-corrected chi connectivity index (χ3v) is 3.74. The average Bonchev–Trinajstić information content (AvgIpc) is 2.94. The molecule has 1 saturated carbocycles. The van der Waals surface area contributed by atoms with Crippen LogP contribution in [0.4, 0.5) is 0 Å². The molecule has 0 atom stereocenters. The molecule has 16 heavy (non-hydrogen) atoms. The summed E-state index contributed by atoms with van der Waals surface area (Å²) in [6, 6.07) is 8.71. The van der Waals surface area contributed by atoms with Crippen molar-refractivity contribution in [2.24, 2.45) is 0 Å². The van der Waals surface area contributed by atoms with Gasteiger partial charge in [-0.05, 0) is 50.6 Å². The molecule has 0 spiro atoms. The summed E-state index contributed by atoms with van der Waals surface area (Å²) in [6.45, 7) is 3.33. The molecule has 1 fully saturated rings. The van der Waals surface area contributed by atoms with Gasteiger partial charge in [0.05, 0.1) is 0 Å². The molecule has 0 unspecified atom stereocenters. The molecule has 2 aromatic rings. The maximum absolute atomic E-state index is 3.34. The summed E-state index contributed by atoms with van der Waals surface area (Å²) in [6.07, 6.45) is 4.82. The standard InChI is InChI=1S/C14H18N2/c1-11-9-12-5-3-4-8-16(12)13(11)14(6-7-14)10-15-2/h3-5,8-9,15H,6-7,10H2,1-2H3. The van der Waals surface area contributed by atoms with Crippen molar-refractivity contribution in [2.45, 2.75) is 25.2 Å². The normalized spacial score (nSPS) is 17.9. The van der Waals surface area contributed by atoms with E-state index in [2.05, 4.69) is 47.1 Å². The van der Waals surface area contributed by atoms with E-state index in [1.165, 1.54) is 29.6 Å². The number of rotatable bonds is 3. The van der Waals surface area contributed by atoms with Crippen LogP contribution in [0, 0.1) is 6.92 Å². The smallest absolute Gasteiger partial charge is 0.0455 e. The van der Waals surface area contributed by atoms with E-state index in [-0.39, 0.29) is 0 Å². The lowest BCUT2D eigenvalue weighted by atomic mass is 9.99. The van der Waals surface area contributed by atoms with E-state index in [1.807, 2.05) is 7.05 Å². The van der Waals surface area contributed by atoms with Gasteiger partial charge in [-0.3, -0.25) is 0 Å². The van der Waals surface area contributed by atoms with Crippen LogP contribution >= 0.6 is 0 Å². The number of aryl methyl sites for hydroxylation is 1. The van der Waals surface area contributed by atoms with Crippen molar-refractivity contribution in [1.82, 2.24) is 9.72 Å². The number of hydrogen-bond donors (Lipinski definition) is 1. The Morgan fingerprint density at radius 3 is 2.88 bits per heavy atom. The number of nitrogens with zero attached hydrogens (tertiary/aromatic N) is 1. The van der Waals surface area contributed by atoms with Crippen molar-refractivity contribution in [2.75, 3.05) is 13.6 Å². The molecule has 0 bridgehead atoms.